The zero-order valence-corrected chi connectivity index (χ0v) is 8.11. The van der Waals surface area contributed by atoms with Crippen molar-refractivity contribution in [3.8, 4) is 0 Å². The molecule has 0 saturated heterocycles. The van der Waals surface area contributed by atoms with E-state index in [-0.39, 0.29) is 0 Å². The van der Waals surface area contributed by atoms with Crippen LogP contribution in [0.15, 0.2) is 0 Å². The SMILES string of the molecule is CNCC1(C)CCC(C)CC1. The maximum absolute atomic E-state index is 3.29. The Balaban J connectivity index is 2.35. The minimum Gasteiger partial charge on any atom is -0.319 e. The number of nitrogens with one attached hydrogen (secondary N) is 1. The molecular weight excluding hydrogens is 134 g/mol. The Hall–Kier alpha value is -0.0400. The van der Waals surface area contributed by atoms with Crippen molar-refractivity contribution in [3.63, 3.8) is 0 Å². The van der Waals surface area contributed by atoms with Crippen molar-refractivity contribution in [2.24, 2.45) is 11.3 Å². The van der Waals surface area contributed by atoms with Crippen LogP contribution in [0.1, 0.15) is 39.5 Å². The fraction of sp³-hybridized carbons (Fsp3) is 1.00. The molecule has 1 rings (SSSR count). The molecule has 0 aromatic heterocycles. The van der Waals surface area contributed by atoms with Gasteiger partial charge in [0.25, 0.3) is 0 Å². The summed E-state index contributed by atoms with van der Waals surface area (Å²) in [6, 6.07) is 0. The Morgan fingerprint density at radius 1 is 1.36 bits per heavy atom. The molecule has 1 N–H and O–H groups in total. The predicted octanol–water partition coefficient (Wildman–Crippen LogP) is 2.42. The summed E-state index contributed by atoms with van der Waals surface area (Å²) in [5, 5.41) is 3.29. The summed E-state index contributed by atoms with van der Waals surface area (Å²) in [5.41, 5.74) is 0.598. The average Bonchev–Trinajstić information content (AvgIpc) is 1.97. The van der Waals surface area contributed by atoms with E-state index in [0.717, 1.165) is 5.92 Å². The highest BCUT2D eigenvalue weighted by Crippen LogP contribution is 2.37. The summed E-state index contributed by atoms with van der Waals surface area (Å²) in [6.45, 7) is 5.98. The molecule has 0 aromatic carbocycles. The van der Waals surface area contributed by atoms with Crippen molar-refractivity contribution in [2.75, 3.05) is 13.6 Å². The van der Waals surface area contributed by atoms with Crippen LogP contribution in [0.2, 0.25) is 0 Å². The van der Waals surface area contributed by atoms with Crippen molar-refractivity contribution >= 4 is 0 Å². The van der Waals surface area contributed by atoms with E-state index in [1.165, 1.54) is 32.2 Å². The Kier molecular flexibility index (Phi) is 2.94. The lowest BCUT2D eigenvalue weighted by Crippen LogP contribution is -2.33. The van der Waals surface area contributed by atoms with Crippen LogP contribution in [0.4, 0.5) is 0 Å². The van der Waals surface area contributed by atoms with Gasteiger partial charge in [-0.25, -0.2) is 0 Å². The maximum Gasteiger partial charge on any atom is 0.000216 e. The molecule has 1 aliphatic carbocycles. The second kappa shape index (κ2) is 3.57. The fourth-order valence-corrected chi connectivity index (χ4v) is 2.06. The van der Waals surface area contributed by atoms with E-state index >= 15 is 0 Å². The molecule has 0 amide bonds. The smallest absolute Gasteiger partial charge is 0.000216 e. The van der Waals surface area contributed by atoms with E-state index in [1.807, 2.05) is 0 Å². The van der Waals surface area contributed by atoms with E-state index in [2.05, 4.69) is 26.2 Å². The number of hydrogen-bond acceptors (Lipinski definition) is 1. The van der Waals surface area contributed by atoms with Crippen LogP contribution >= 0.6 is 0 Å². The molecule has 0 bridgehead atoms. The van der Waals surface area contributed by atoms with Gasteiger partial charge < -0.3 is 5.32 Å². The van der Waals surface area contributed by atoms with E-state index in [0.29, 0.717) is 5.41 Å². The molecule has 66 valence electrons. The first-order valence-electron chi connectivity index (χ1n) is 4.81. The molecule has 0 spiro atoms. The third kappa shape index (κ3) is 2.48. The van der Waals surface area contributed by atoms with Crippen molar-refractivity contribution in [1.29, 1.82) is 0 Å². The van der Waals surface area contributed by atoms with Crippen LogP contribution in [-0.2, 0) is 0 Å². The van der Waals surface area contributed by atoms with Gasteiger partial charge in [-0.15, -0.1) is 0 Å². The lowest BCUT2D eigenvalue weighted by atomic mass is 9.72. The second-order valence-corrected chi connectivity index (χ2v) is 4.52. The molecule has 1 nitrogen and oxygen atoms in total. The van der Waals surface area contributed by atoms with Gasteiger partial charge in [0.15, 0.2) is 0 Å². The first-order valence-corrected chi connectivity index (χ1v) is 4.81. The zero-order valence-electron chi connectivity index (χ0n) is 8.11. The van der Waals surface area contributed by atoms with E-state index < -0.39 is 0 Å². The quantitative estimate of drug-likeness (QED) is 0.646. The van der Waals surface area contributed by atoms with Crippen molar-refractivity contribution in [1.82, 2.24) is 5.32 Å². The van der Waals surface area contributed by atoms with Gasteiger partial charge in [-0.05, 0) is 31.2 Å². The maximum atomic E-state index is 3.29. The largest absolute Gasteiger partial charge is 0.319 e. The molecule has 0 aromatic rings. The minimum absolute atomic E-state index is 0.598. The topological polar surface area (TPSA) is 12.0 Å². The van der Waals surface area contributed by atoms with Crippen LogP contribution in [0.5, 0.6) is 0 Å². The molecule has 0 heterocycles. The van der Waals surface area contributed by atoms with E-state index in [9.17, 15) is 0 Å². The monoisotopic (exact) mass is 155 g/mol. The molecule has 1 heteroatoms. The predicted molar refractivity (Wildman–Crippen MR) is 49.7 cm³/mol. The van der Waals surface area contributed by atoms with Crippen molar-refractivity contribution in [2.45, 2.75) is 39.5 Å². The zero-order chi connectivity index (χ0) is 8.32. The van der Waals surface area contributed by atoms with Gasteiger partial charge in [0.1, 0.15) is 0 Å². The molecule has 1 aliphatic rings. The molecule has 1 saturated carbocycles. The Bertz CT molecular complexity index is 112. The van der Waals surface area contributed by atoms with Gasteiger partial charge in [-0.3, -0.25) is 0 Å². The van der Waals surface area contributed by atoms with Gasteiger partial charge in [-0.1, -0.05) is 26.7 Å². The molecule has 0 unspecified atom stereocenters. The first-order chi connectivity index (χ1) is 5.16. The highest BCUT2D eigenvalue weighted by Gasteiger charge is 2.28. The summed E-state index contributed by atoms with van der Waals surface area (Å²) in [5.74, 6) is 0.972. The summed E-state index contributed by atoms with van der Waals surface area (Å²) in [6.07, 6.45) is 5.68. The van der Waals surface area contributed by atoms with Gasteiger partial charge in [0, 0.05) is 6.54 Å². The molecule has 0 radical (unpaired) electrons. The standard InChI is InChI=1S/C10H21N/c1-9-4-6-10(2,7-5-9)8-11-3/h9,11H,4-8H2,1-3H3. The van der Waals surface area contributed by atoms with Gasteiger partial charge in [-0.2, -0.15) is 0 Å². The normalized spacial score (nSPS) is 39.0. The summed E-state index contributed by atoms with van der Waals surface area (Å²) in [7, 11) is 2.06. The minimum atomic E-state index is 0.598. The molecule has 11 heavy (non-hydrogen) atoms. The first kappa shape index (κ1) is 9.05. The van der Waals surface area contributed by atoms with Crippen LogP contribution in [-0.4, -0.2) is 13.6 Å². The molecule has 1 fully saturated rings. The second-order valence-electron chi connectivity index (χ2n) is 4.52. The van der Waals surface area contributed by atoms with Gasteiger partial charge in [0.05, 0.1) is 0 Å². The van der Waals surface area contributed by atoms with E-state index in [1.54, 1.807) is 0 Å². The Morgan fingerprint density at radius 3 is 2.36 bits per heavy atom. The van der Waals surface area contributed by atoms with E-state index in [4.69, 9.17) is 0 Å². The number of rotatable bonds is 2. The van der Waals surface area contributed by atoms with Crippen LogP contribution in [0.25, 0.3) is 0 Å². The summed E-state index contributed by atoms with van der Waals surface area (Å²) < 4.78 is 0. The van der Waals surface area contributed by atoms with Crippen LogP contribution in [0, 0.1) is 11.3 Å². The summed E-state index contributed by atoms with van der Waals surface area (Å²) in [4.78, 5) is 0. The Morgan fingerprint density at radius 2 is 1.91 bits per heavy atom. The lowest BCUT2D eigenvalue weighted by molar-refractivity contribution is 0.176. The summed E-state index contributed by atoms with van der Waals surface area (Å²) >= 11 is 0. The van der Waals surface area contributed by atoms with Crippen molar-refractivity contribution in [3.05, 3.63) is 0 Å². The molecule has 0 aliphatic heterocycles. The highest BCUT2D eigenvalue weighted by atomic mass is 14.8. The number of hydrogen-bond donors (Lipinski definition) is 1. The van der Waals surface area contributed by atoms with Crippen LogP contribution in [0.3, 0.4) is 0 Å². The average molecular weight is 155 g/mol. The molecular formula is C10H21N. The third-order valence-electron chi connectivity index (χ3n) is 3.08. The Labute approximate surface area is 70.6 Å². The van der Waals surface area contributed by atoms with Crippen LogP contribution < -0.4 is 5.32 Å². The fourth-order valence-electron chi connectivity index (χ4n) is 2.06. The van der Waals surface area contributed by atoms with Gasteiger partial charge in [0.2, 0.25) is 0 Å². The van der Waals surface area contributed by atoms with Gasteiger partial charge >= 0.3 is 0 Å². The lowest BCUT2D eigenvalue weighted by Gasteiger charge is -2.36. The van der Waals surface area contributed by atoms with Crippen molar-refractivity contribution < 1.29 is 0 Å². The molecule has 0 atom stereocenters. The highest BCUT2D eigenvalue weighted by molar-refractivity contribution is 4.81. The third-order valence-corrected chi connectivity index (χ3v) is 3.08.